The molecule has 11 nitrogen and oxygen atoms in total. The fourth-order valence-electron chi connectivity index (χ4n) is 7.00. The third kappa shape index (κ3) is 5.15. The molecular weight excluding hydrogens is 598 g/mol. The summed E-state index contributed by atoms with van der Waals surface area (Å²) in [5, 5.41) is 0. The molecule has 0 bridgehead atoms. The van der Waals surface area contributed by atoms with Crippen molar-refractivity contribution in [3.63, 3.8) is 0 Å². The molecule has 0 saturated carbocycles. The predicted molar refractivity (Wildman–Crippen MR) is 176 cm³/mol. The van der Waals surface area contributed by atoms with Gasteiger partial charge in [-0.1, -0.05) is 17.7 Å². The molecule has 5 heterocycles. The summed E-state index contributed by atoms with van der Waals surface area (Å²) in [6.07, 6.45) is 12.9. The van der Waals surface area contributed by atoms with Crippen molar-refractivity contribution in [3.8, 4) is 23.0 Å². The number of rotatable bonds is 8. The molecule has 240 valence electrons. The Labute approximate surface area is 272 Å². The number of methoxy groups -OCH3 is 2. The summed E-state index contributed by atoms with van der Waals surface area (Å²) in [7, 11) is 3.12. The van der Waals surface area contributed by atoms with Crippen LogP contribution in [-0.4, -0.2) is 85.1 Å². The fourth-order valence-corrected chi connectivity index (χ4v) is 7.00. The van der Waals surface area contributed by atoms with Gasteiger partial charge in [-0.3, -0.25) is 19.6 Å². The summed E-state index contributed by atoms with van der Waals surface area (Å²) in [6, 6.07) is 8.81. The molecule has 0 unspecified atom stereocenters. The number of H-pyrrole nitrogens is 1. The van der Waals surface area contributed by atoms with Crippen LogP contribution >= 0.6 is 0 Å². The maximum absolute atomic E-state index is 13.6. The van der Waals surface area contributed by atoms with Crippen LogP contribution in [0.15, 0.2) is 69.8 Å². The number of hydrogen-bond donors (Lipinski definition) is 1. The summed E-state index contributed by atoms with van der Waals surface area (Å²) >= 11 is 0. The van der Waals surface area contributed by atoms with E-state index in [9.17, 15) is 9.59 Å². The molecule has 0 radical (unpaired) electrons. The van der Waals surface area contributed by atoms with E-state index in [0.29, 0.717) is 84.6 Å². The van der Waals surface area contributed by atoms with Crippen molar-refractivity contribution in [3.05, 3.63) is 82.2 Å². The fraction of sp³-hybridized carbons (Fsp3) is 0.333. The zero-order valence-electron chi connectivity index (χ0n) is 26.3. The Morgan fingerprint density at radius 1 is 0.809 bits per heavy atom. The van der Waals surface area contributed by atoms with E-state index in [4.69, 9.17) is 23.9 Å². The van der Waals surface area contributed by atoms with Gasteiger partial charge < -0.3 is 33.7 Å². The van der Waals surface area contributed by atoms with Crippen molar-refractivity contribution in [1.82, 2.24) is 14.8 Å². The number of nitrogens with one attached hydrogen (secondary N) is 1. The lowest BCUT2D eigenvalue weighted by Crippen LogP contribution is -2.44. The normalized spacial score (nSPS) is 20.5. The van der Waals surface area contributed by atoms with Crippen LogP contribution in [0.2, 0.25) is 0 Å². The lowest BCUT2D eigenvalue weighted by atomic mass is 9.95. The quantitative estimate of drug-likeness (QED) is 0.334. The van der Waals surface area contributed by atoms with Crippen molar-refractivity contribution < 1.29 is 28.5 Å². The maximum Gasteiger partial charge on any atom is 0.257 e. The maximum atomic E-state index is 13.6. The number of amides is 2. The Morgan fingerprint density at radius 3 is 2.06 bits per heavy atom. The number of ether oxygens (including phenoxy) is 4. The molecule has 0 saturated heterocycles. The van der Waals surface area contributed by atoms with Crippen molar-refractivity contribution in [2.45, 2.75) is 44.3 Å². The smallest absolute Gasteiger partial charge is 0.257 e. The molecule has 4 aliphatic heterocycles. The van der Waals surface area contributed by atoms with E-state index in [-0.39, 0.29) is 23.9 Å². The zero-order chi connectivity index (χ0) is 32.1. The number of aliphatic imine (C=N–C) groups is 2. The molecular formula is C36H35N5O6. The minimum Gasteiger partial charge on any atom is -0.493 e. The van der Waals surface area contributed by atoms with Gasteiger partial charge in [-0.2, -0.15) is 0 Å². The predicted octanol–water partition coefficient (Wildman–Crippen LogP) is 5.35. The first-order valence-corrected chi connectivity index (χ1v) is 15.9. The van der Waals surface area contributed by atoms with Gasteiger partial charge in [0, 0.05) is 62.4 Å². The van der Waals surface area contributed by atoms with Gasteiger partial charge in [0.05, 0.1) is 62.0 Å². The Morgan fingerprint density at radius 2 is 1.43 bits per heavy atom. The molecule has 1 aromatic heterocycles. The van der Waals surface area contributed by atoms with Crippen LogP contribution in [-0.2, 0) is 13.0 Å². The van der Waals surface area contributed by atoms with Crippen molar-refractivity contribution in [1.29, 1.82) is 0 Å². The van der Waals surface area contributed by atoms with E-state index < -0.39 is 0 Å². The number of hydrogen-bond acceptors (Lipinski definition) is 8. The number of carbonyl (C=O) groups is 2. The summed E-state index contributed by atoms with van der Waals surface area (Å²) in [5.74, 6) is 1.82. The molecule has 2 aromatic carbocycles. The van der Waals surface area contributed by atoms with Gasteiger partial charge in [0.15, 0.2) is 23.0 Å². The molecule has 2 amide bonds. The number of aromatic nitrogens is 1. The molecule has 1 aliphatic carbocycles. The Hall–Kier alpha value is -5.32. The highest BCUT2D eigenvalue weighted by molar-refractivity contribution is 6.04. The first-order valence-electron chi connectivity index (χ1n) is 15.9. The minimum absolute atomic E-state index is 0.0567. The largest absolute Gasteiger partial charge is 0.493 e. The van der Waals surface area contributed by atoms with Crippen LogP contribution in [0.1, 0.15) is 51.2 Å². The SMILES string of the molecule is COc1cc2c(cc1OCCCOc1cc3c(cc1OC)C(=O)N1Cc4cc[nH]c4C[C@H]1C=N3)N=C[C@@H]1CC3=C(C=CC3)CN1C2=O. The van der Waals surface area contributed by atoms with Crippen LogP contribution in [0.3, 0.4) is 0 Å². The van der Waals surface area contributed by atoms with E-state index in [1.165, 1.54) is 11.1 Å². The van der Waals surface area contributed by atoms with Gasteiger partial charge in [-0.25, -0.2) is 0 Å². The highest BCUT2D eigenvalue weighted by Crippen LogP contribution is 2.41. The highest BCUT2D eigenvalue weighted by Gasteiger charge is 2.35. The van der Waals surface area contributed by atoms with Crippen LogP contribution in [0.4, 0.5) is 11.4 Å². The van der Waals surface area contributed by atoms with Crippen LogP contribution in [0.5, 0.6) is 23.0 Å². The second-order valence-corrected chi connectivity index (χ2v) is 12.3. The lowest BCUT2D eigenvalue weighted by Gasteiger charge is -2.33. The zero-order valence-corrected chi connectivity index (χ0v) is 26.3. The average Bonchev–Trinajstić information content (AvgIpc) is 3.71. The molecule has 3 aromatic rings. The number of aromatic amines is 1. The van der Waals surface area contributed by atoms with Crippen LogP contribution in [0.25, 0.3) is 0 Å². The van der Waals surface area contributed by atoms with Crippen molar-refractivity contribution in [2.24, 2.45) is 9.98 Å². The van der Waals surface area contributed by atoms with Gasteiger partial charge in [0.2, 0.25) is 0 Å². The van der Waals surface area contributed by atoms with Gasteiger partial charge in [-0.15, -0.1) is 0 Å². The summed E-state index contributed by atoms with van der Waals surface area (Å²) in [5.41, 5.74) is 6.99. The lowest BCUT2D eigenvalue weighted by molar-refractivity contribution is 0.0701. The third-order valence-electron chi connectivity index (χ3n) is 9.54. The first kappa shape index (κ1) is 29.1. The molecule has 47 heavy (non-hydrogen) atoms. The minimum atomic E-state index is -0.126. The molecule has 2 atom stereocenters. The topological polar surface area (TPSA) is 118 Å². The third-order valence-corrected chi connectivity index (χ3v) is 9.54. The Bertz CT molecular complexity index is 1910. The molecule has 1 N–H and O–H groups in total. The monoisotopic (exact) mass is 633 g/mol. The summed E-state index contributed by atoms with van der Waals surface area (Å²) in [4.78, 5) is 43.6. The molecule has 8 rings (SSSR count). The molecule has 11 heteroatoms. The van der Waals surface area contributed by atoms with E-state index >= 15 is 0 Å². The second-order valence-electron chi connectivity index (χ2n) is 12.3. The van der Waals surface area contributed by atoms with E-state index in [1.807, 2.05) is 34.5 Å². The number of fused-ring (bicyclic) bond motifs is 5. The summed E-state index contributed by atoms with van der Waals surface area (Å²) < 4.78 is 23.5. The number of allylic oxidation sites excluding steroid dienone is 1. The van der Waals surface area contributed by atoms with E-state index in [0.717, 1.165) is 24.1 Å². The molecule has 0 spiro atoms. The van der Waals surface area contributed by atoms with E-state index in [1.54, 1.807) is 38.5 Å². The second kappa shape index (κ2) is 11.8. The van der Waals surface area contributed by atoms with Crippen LogP contribution in [0, 0.1) is 0 Å². The number of benzene rings is 2. The average molecular weight is 634 g/mol. The Kier molecular flexibility index (Phi) is 7.31. The van der Waals surface area contributed by atoms with Gasteiger partial charge in [-0.05, 0) is 42.2 Å². The highest BCUT2D eigenvalue weighted by atomic mass is 16.5. The molecule has 0 fully saturated rings. The first-order chi connectivity index (χ1) is 23.0. The summed E-state index contributed by atoms with van der Waals surface area (Å²) in [6.45, 7) is 1.79. The standard InChI is InChI=1S/C36H35N5O6/c1-44-31-13-26-29(38-17-24-11-21-5-3-6-22(21)19-40(24)35(26)42)15-33(31)46-9-4-10-47-34-16-30-27(14-32(34)45-2)36(43)41-20-23-7-8-37-28(23)12-25(41)18-39-30/h3,6-8,13-18,24-25,37H,4-5,9-12,19-20H2,1-2H3/t24-,25-/m0/s1. The van der Waals surface area contributed by atoms with Gasteiger partial charge in [0.25, 0.3) is 11.8 Å². The van der Waals surface area contributed by atoms with E-state index in [2.05, 4.69) is 22.1 Å². The number of carbonyl (C=O) groups excluding carboxylic acids is 2. The number of nitrogens with zero attached hydrogens (tertiary/aromatic N) is 4. The van der Waals surface area contributed by atoms with Crippen molar-refractivity contribution in [2.75, 3.05) is 34.0 Å². The molecule has 5 aliphatic rings. The van der Waals surface area contributed by atoms with Gasteiger partial charge >= 0.3 is 0 Å². The van der Waals surface area contributed by atoms with Gasteiger partial charge in [0.1, 0.15) is 0 Å². The van der Waals surface area contributed by atoms with Crippen LogP contribution < -0.4 is 18.9 Å². The van der Waals surface area contributed by atoms with Crippen molar-refractivity contribution >= 4 is 35.6 Å². The Balaban J connectivity index is 0.928.